The number of rotatable bonds is 5. The van der Waals surface area contributed by atoms with Crippen molar-refractivity contribution < 1.29 is 22.7 Å². The van der Waals surface area contributed by atoms with Gasteiger partial charge in [-0.15, -0.1) is 24.5 Å². The minimum absolute atomic E-state index is 0.168. The second-order valence-corrected chi connectivity index (χ2v) is 6.52. The molecule has 0 bridgehead atoms. The Hall–Kier alpha value is -2.94. The molecule has 27 heavy (non-hydrogen) atoms. The molecule has 5 nitrogen and oxygen atoms in total. The quantitative estimate of drug-likeness (QED) is 0.700. The van der Waals surface area contributed by atoms with Gasteiger partial charge in [0.1, 0.15) is 15.6 Å². The van der Waals surface area contributed by atoms with Crippen molar-refractivity contribution >= 4 is 17.2 Å². The van der Waals surface area contributed by atoms with Crippen molar-refractivity contribution in [2.24, 2.45) is 0 Å². The van der Waals surface area contributed by atoms with Crippen LogP contribution in [0.2, 0.25) is 0 Å². The number of carbonyl (C=O) groups is 1. The van der Waals surface area contributed by atoms with E-state index in [1.165, 1.54) is 35.6 Å². The Labute approximate surface area is 156 Å². The number of hydrogen-bond donors (Lipinski definition) is 1. The maximum absolute atomic E-state index is 12.4. The van der Waals surface area contributed by atoms with E-state index in [0.717, 1.165) is 0 Å². The maximum atomic E-state index is 12.4. The molecule has 9 heteroatoms. The van der Waals surface area contributed by atoms with Crippen molar-refractivity contribution in [2.45, 2.75) is 19.8 Å². The van der Waals surface area contributed by atoms with Crippen LogP contribution in [-0.2, 0) is 6.54 Å². The van der Waals surface area contributed by atoms with Crippen LogP contribution in [0.1, 0.15) is 20.9 Å². The number of alkyl halides is 3. The predicted molar refractivity (Wildman–Crippen MR) is 94.4 cm³/mol. The van der Waals surface area contributed by atoms with Crippen LogP contribution in [0, 0.1) is 6.92 Å². The standard InChI is InChI=1S/C18H14F3N3O2S/c1-11-15(27-17(24-11)14-4-2-3-9-22-14)16(25)23-10-12-5-7-13(8-6-12)26-18(19,20)21/h2-9H,10H2,1H3,(H,23,25). The number of pyridine rings is 1. The summed E-state index contributed by atoms with van der Waals surface area (Å²) in [5.74, 6) is -0.612. The van der Waals surface area contributed by atoms with E-state index < -0.39 is 6.36 Å². The molecule has 0 radical (unpaired) electrons. The van der Waals surface area contributed by atoms with E-state index in [4.69, 9.17) is 0 Å². The van der Waals surface area contributed by atoms with Gasteiger partial charge >= 0.3 is 6.36 Å². The summed E-state index contributed by atoms with van der Waals surface area (Å²) in [5, 5.41) is 3.38. The average Bonchev–Trinajstić information content (AvgIpc) is 3.02. The van der Waals surface area contributed by atoms with Crippen molar-refractivity contribution in [3.05, 3.63) is 64.8 Å². The summed E-state index contributed by atoms with van der Waals surface area (Å²) in [6.45, 7) is 1.91. The number of hydrogen-bond acceptors (Lipinski definition) is 5. The summed E-state index contributed by atoms with van der Waals surface area (Å²) in [5.41, 5.74) is 1.92. The molecular weight excluding hydrogens is 379 g/mol. The van der Waals surface area contributed by atoms with Crippen molar-refractivity contribution in [3.63, 3.8) is 0 Å². The zero-order valence-electron chi connectivity index (χ0n) is 14.1. The monoisotopic (exact) mass is 393 g/mol. The minimum atomic E-state index is -4.73. The lowest BCUT2D eigenvalue weighted by molar-refractivity contribution is -0.274. The van der Waals surface area contributed by atoms with Gasteiger partial charge in [-0.25, -0.2) is 4.98 Å². The lowest BCUT2D eigenvalue weighted by atomic mass is 10.2. The van der Waals surface area contributed by atoms with Crippen LogP contribution in [0.3, 0.4) is 0 Å². The molecule has 0 fully saturated rings. The Kier molecular flexibility index (Phi) is 5.41. The van der Waals surface area contributed by atoms with Crippen molar-refractivity contribution in [1.29, 1.82) is 0 Å². The molecule has 2 heterocycles. The first-order valence-corrected chi connectivity index (χ1v) is 8.65. The van der Waals surface area contributed by atoms with Gasteiger partial charge in [0, 0.05) is 12.7 Å². The van der Waals surface area contributed by atoms with Gasteiger partial charge in [-0.05, 0) is 36.8 Å². The highest BCUT2D eigenvalue weighted by Gasteiger charge is 2.30. The molecule has 0 aliphatic rings. The van der Waals surface area contributed by atoms with Gasteiger partial charge < -0.3 is 10.1 Å². The van der Waals surface area contributed by atoms with Crippen LogP contribution < -0.4 is 10.1 Å². The molecule has 140 valence electrons. The molecule has 1 aromatic carbocycles. The third kappa shape index (κ3) is 5.04. The van der Waals surface area contributed by atoms with Gasteiger partial charge in [-0.2, -0.15) is 0 Å². The van der Waals surface area contributed by atoms with Crippen LogP contribution in [0.4, 0.5) is 13.2 Å². The van der Waals surface area contributed by atoms with Gasteiger partial charge in [0.2, 0.25) is 0 Å². The zero-order valence-corrected chi connectivity index (χ0v) is 14.9. The predicted octanol–water partition coefficient (Wildman–Crippen LogP) is 4.34. The number of amides is 1. The molecule has 3 rings (SSSR count). The van der Waals surface area contributed by atoms with Crippen molar-refractivity contribution in [3.8, 4) is 16.5 Å². The highest BCUT2D eigenvalue weighted by Crippen LogP contribution is 2.26. The Morgan fingerprint density at radius 2 is 1.93 bits per heavy atom. The van der Waals surface area contributed by atoms with E-state index in [1.807, 2.05) is 12.1 Å². The molecule has 0 atom stereocenters. The Morgan fingerprint density at radius 3 is 2.56 bits per heavy atom. The Morgan fingerprint density at radius 1 is 1.19 bits per heavy atom. The smallest absolute Gasteiger partial charge is 0.406 e. The van der Waals surface area contributed by atoms with E-state index in [1.54, 1.807) is 19.2 Å². The lowest BCUT2D eigenvalue weighted by Gasteiger charge is -2.09. The Balaban J connectivity index is 1.64. The van der Waals surface area contributed by atoms with Gasteiger partial charge in [0.25, 0.3) is 5.91 Å². The normalized spacial score (nSPS) is 11.3. The second-order valence-electron chi connectivity index (χ2n) is 5.52. The summed E-state index contributed by atoms with van der Waals surface area (Å²) in [6, 6.07) is 10.8. The van der Waals surface area contributed by atoms with Crippen LogP contribution in [0.25, 0.3) is 10.7 Å². The second kappa shape index (κ2) is 7.75. The topological polar surface area (TPSA) is 64.1 Å². The van der Waals surface area contributed by atoms with Crippen LogP contribution >= 0.6 is 11.3 Å². The van der Waals surface area contributed by atoms with Gasteiger partial charge in [-0.3, -0.25) is 9.78 Å². The SMILES string of the molecule is Cc1nc(-c2ccccn2)sc1C(=O)NCc1ccc(OC(F)(F)F)cc1. The number of thiazole rings is 1. The molecule has 0 saturated carbocycles. The molecule has 0 unspecified atom stereocenters. The van der Waals surface area contributed by atoms with Crippen molar-refractivity contribution in [2.75, 3.05) is 0 Å². The van der Waals surface area contributed by atoms with Gasteiger partial charge in [0.05, 0.1) is 11.4 Å². The minimum Gasteiger partial charge on any atom is -0.406 e. The van der Waals surface area contributed by atoms with Crippen LogP contribution in [0.5, 0.6) is 5.75 Å². The van der Waals surface area contributed by atoms with E-state index >= 15 is 0 Å². The fourth-order valence-corrected chi connectivity index (χ4v) is 3.24. The highest BCUT2D eigenvalue weighted by atomic mass is 32.1. The molecular formula is C18H14F3N3O2S. The van der Waals surface area contributed by atoms with Gasteiger partial charge in [0.15, 0.2) is 0 Å². The number of ether oxygens (including phenoxy) is 1. The van der Waals surface area contributed by atoms with Gasteiger partial charge in [-0.1, -0.05) is 18.2 Å². The fraction of sp³-hybridized carbons (Fsp3) is 0.167. The maximum Gasteiger partial charge on any atom is 0.573 e. The summed E-state index contributed by atoms with van der Waals surface area (Å²) in [6.07, 6.45) is -3.08. The first-order chi connectivity index (χ1) is 12.8. The van der Waals surface area contributed by atoms with E-state index in [9.17, 15) is 18.0 Å². The number of aryl methyl sites for hydroxylation is 1. The van der Waals surface area contributed by atoms with Crippen LogP contribution in [-0.4, -0.2) is 22.2 Å². The Bertz CT molecular complexity index is 925. The third-order valence-corrected chi connectivity index (χ3v) is 4.68. The molecule has 1 amide bonds. The van der Waals surface area contributed by atoms with Crippen molar-refractivity contribution in [1.82, 2.24) is 15.3 Å². The van der Waals surface area contributed by atoms with Crippen LogP contribution in [0.15, 0.2) is 48.7 Å². The fourth-order valence-electron chi connectivity index (χ4n) is 2.28. The third-order valence-electron chi connectivity index (χ3n) is 3.50. The highest BCUT2D eigenvalue weighted by molar-refractivity contribution is 7.17. The van der Waals surface area contributed by atoms with E-state index in [0.29, 0.717) is 26.8 Å². The molecule has 0 spiro atoms. The molecule has 0 saturated heterocycles. The number of nitrogens with zero attached hydrogens (tertiary/aromatic N) is 2. The largest absolute Gasteiger partial charge is 0.573 e. The zero-order chi connectivity index (χ0) is 19.4. The summed E-state index contributed by atoms with van der Waals surface area (Å²) in [4.78, 5) is 21.5. The number of benzene rings is 1. The van der Waals surface area contributed by atoms with E-state index in [-0.39, 0.29) is 18.2 Å². The number of halogens is 3. The summed E-state index contributed by atoms with van der Waals surface area (Å²) >= 11 is 1.23. The van der Waals surface area contributed by atoms with E-state index in [2.05, 4.69) is 20.0 Å². The number of carbonyl (C=O) groups excluding carboxylic acids is 1. The molecule has 1 N–H and O–H groups in total. The summed E-state index contributed by atoms with van der Waals surface area (Å²) in [7, 11) is 0. The molecule has 0 aliphatic carbocycles. The average molecular weight is 393 g/mol. The molecule has 3 aromatic rings. The molecule has 2 aromatic heterocycles. The molecule has 0 aliphatic heterocycles. The summed E-state index contributed by atoms with van der Waals surface area (Å²) < 4.78 is 40.3. The lowest BCUT2D eigenvalue weighted by Crippen LogP contribution is -2.22. The number of nitrogens with one attached hydrogen (secondary N) is 1. The first kappa shape index (κ1) is 18.8. The first-order valence-electron chi connectivity index (χ1n) is 7.83. The number of aromatic nitrogens is 2.